The molecule has 0 saturated carbocycles. The van der Waals surface area contributed by atoms with Crippen molar-refractivity contribution in [3.05, 3.63) is 82.4 Å². The summed E-state index contributed by atoms with van der Waals surface area (Å²) in [7, 11) is 0. The smallest absolute Gasteiger partial charge is 0.341 e. The number of nitrogens with zero attached hydrogens (tertiary/aromatic N) is 2. The van der Waals surface area contributed by atoms with Crippen molar-refractivity contribution in [2.45, 2.75) is 19.6 Å². The highest BCUT2D eigenvalue weighted by Gasteiger charge is 2.31. The highest BCUT2D eigenvalue weighted by molar-refractivity contribution is 6.34. The third-order valence-corrected chi connectivity index (χ3v) is 5.66. The lowest BCUT2D eigenvalue weighted by Crippen LogP contribution is -2.15. The molecule has 8 heteroatoms. The zero-order valence-electron chi connectivity index (χ0n) is 17.4. The molecule has 4 nitrogen and oxygen atoms in total. The molecular formula is C25H17ClF3N3O. The molecule has 1 heterocycles. The maximum atomic E-state index is 13.0. The first-order valence-corrected chi connectivity index (χ1v) is 10.4. The standard InChI is InChI=1S/C25H17ClF3N3O/c1-2-32-22-6-4-3-5-18(22)19-12-15(7-10-23(19)32)11-16(14-30)24(33)31-21-13-17(25(27,28)29)8-9-20(21)26/h3-13H,2H2,1H3,(H,31,33)/b16-11+. The molecule has 1 N–H and O–H groups in total. The van der Waals surface area contributed by atoms with Gasteiger partial charge in [-0.1, -0.05) is 35.9 Å². The summed E-state index contributed by atoms with van der Waals surface area (Å²) in [5, 5.41) is 13.8. The van der Waals surface area contributed by atoms with Crippen molar-refractivity contribution >= 4 is 51.1 Å². The molecule has 0 aliphatic carbocycles. The molecule has 1 aromatic heterocycles. The van der Waals surface area contributed by atoms with Crippen LogP contribution in [-0.4, -0.2) is 10.5 Å². The minimum atomic E-state index is -4.59. The molecule has 0 atom stereocenters. The second-order valence-electron chi connectivity index (χ2n) is 7.35. The van der Waals surface area contributed by atoms with E-state index in [4.69, 9.17) is 11.6 Å². The van der Waals surface area contributed by atoms with Crippen LogP contribution >= 0.6 is 11.6 Å². The minimum absolute atomic E-state index is 0.0672. The van der Waals surface area contributed by atoms with Gasteiger partial charge in [0.1, 0.15) is 11.6 Å². The summed E-state index contributed by atoms with van der Waals surface area (Å²) in [6, 6.07) is 17.9. The molecule has 4 aromatic rings. The summed E-state index contributed by atoms with van der Waals surface area (Å²) >= 11 is 5.95. The van der Waals surface area contributed by atoms with Crippen molar-refractivity contribution in [1.82, 2.24) is 4.57 Å². The summed E-state index contributed by atoms with van der Waals surface area (Å²) in [5.41, 5.74) is 1.27. The Labute approximate surface area is 192 Å². The van der Waals surface area contributed by atoms with Gasteiger partial charge in [0, 0.05) is 28.4 Å². The van der Waals surface area contributed by atoms with E-state index >= 15 is 0 Å². The van der Waals surface area contributed by atoms with Gasteiger partial charge in [0.25, 0.3) is 5.91 Å². The number of fused-ring (bicyclic) bond motifs is 3. The van der Waals surface area contributed by atoms with Gasteiger partial charge < -0.3 is 9.88 Å². The molecule has 0 radical (unpaired) electrons. The van der Waals surface area contributed by atoms with Crippen LogP contribution in [0.5, 0.6) is 0 Å². The summed E-state index contributed by atoms with van der Waals surface area (Å²) < 4.78 is 41.2. The summed E-state index contributed by atoms with van der Waals surface area (Å²) in [4.78, 5) is 12.6. The molecule has 33 heavy (non-hydrogen) atoms. The Morgan fingerprint density at radius 3 is 2.52 bits per heavy atom. The van der Waals surface area contributed by atoms with Gasteiger partial charge in [-0.2, -0.15) is 18.4 Å². The summed E-state index contributed by atoms with van der Waals surface area (Å²) in [5.74, 6) is -0.852. The molecule has 0 bridgehead atoms. The van der Waals surface area contributed by atoms with Gasteiger partial charge in [-0.05, 0) is 55.0 Å². The number of anilines is 1. The van der Waals surface area contributed by atoms with E-state index in [-0.39, 0.29) is 16.3 Å². The van der Waals surface area contributed by atoms with Crippen LogP contribution < -0.4 is 5.32 Å². The first-order valence-electron chi connectivity index (χ1n) is 10.0. The number of aromatic nitrogens is 1. The van der Waals surface area contributed by atoms with Crippen LogP contribution in [0.4, 0.5) is 18.9 Å². The third kappa shape index (κ3) is 4.30. The van der Waals surface area contributed by atoms with Gasteiger partial charge >= 0.3 is 6.18 Å². The number of alkyl halides is 3. The Bertz CT molecular complexity index is 1460. The number of hydrogen-bond acceptors (Lipinski definition) is 2. The third-order valence-electron chi connectivity index (χ3n) is 5.33. The predicted octanol–water partition coefficient (Wildman–Crippen LogP) is 7.03. The zero-order chi connectivity index (χ0) is 23.8. The topological polar surface area (TPSA) is 57.8 Å². The lowest BCUT2D eigenvalue weighted by atomic mass is 10.1. The maximum Gasteiger partial charge on any atom is 0.416 e. The molecule has 3 aromatic carbocycles. The van der Waals surface area contributed by atoms with Gasteiger partial charge in [-0.25, -0.2) is 0 Å². The number of rotatable bonds is 4. The number of para-hydroxylation sites is 1. The van der Waals surface area contributed by atoms with Crippen LogP contribution in [0.3, 0.4) is 0 Å². The second-order valence-corrected chi connectivity index (χ2v) is 7.76. The average molecular weight is 468 g/mol. The molecule has 0 aliphatic rings. The normalized spacial score (nSPS) is 12.2. The summed E-state index contributed by atoms with van der Waals surface area (Å²) in [6.45, 7) is 2.83. The van der Waals surface area contributed by atoms with E-state index in [9.17, 15) is 23.2 Å². The maximum absolute atomic E-state index is 13.0. The molecule has 1 amide bonds. The molecule has 166 valence electrons. The van der Waals surface area contributed by atoms with Crippen LogP contribution in [0.1, 0.15) is 18.1 Å². The number of halogens is 4. The van der Waals surface area contributed by atoms with Gasteiger partial charge in [0.2, 0.25) is 0 Å². The van der Waals surface area contributed by atoms with Gasteiger partial charge in [-0.15, -0.1) is 0 Å². The van der Waals surface area contributed by atoms with Crippen LogP contribution in [0.15, 0.2) is 66.2 Å². The van der Waals surface area contributed by atoms with Gasteiger partial charge in [0.05, 0.1) is 16.3 Å². The minimum Gasteiger partial charge on any atom is -0.341 e. The highest BCUT2D eigenvalue weighted by atomic mass is 35.5. The molecular weight excluding hydrogens is 451 g/mol. The van der Waals surface area contributed by atoms with Crippen molar-refractivity contribution in [2.24, 2.45) is 0 Å². The van der Waals surface area contributed by atoms with E-state index in [2.05, 4.69) is 16.8 Å². The van der Waals surface area contributed by atoms with Crippen molar-refractivity contribution in [3.8, 4) is 6.07 Å². The predicted molar refractivity (Wildman–Crippen MR) is 124 cm³/mol. The number of amides is 1. The molecule has 0 spiro atoms. The number of aryl methyl sites for hydroxylation is 1. The lowest BCUT2D eigenvalue weighted by Gasteiger charge is -2.11. The first-order chi connectivity index (χ1) is 15.7. The fourth-order valence-corrected chi connectivity index (χ4v) is 3.97. The number of benzene rings is 3. The van der Waals surface area contributed by atoms with E-state index in [0.29, 0.717) is 5.56 Å². The monoisotopic (exact) mass is 467 g/mol. The molecule has 0 aliphatic heterocycles. The largest absolute Gasteiger partial charge is 0.416 e. The van der Waals surface area contributed by atoms with E-state index in [1.807, 2.05) is 42.5 Å². The summed E-state index contributed by atoms with van der Waals surface area (Å²) in [6.07, 6.45) is -3.20. The fraction of sp³-hybridized carbons (Fsp3) is 0.120. The Kier molecular flexibility index (Phi) is 5.88. The van der Waals surface area contributed by atoms with Crippen molar-refractivity contribution < 1.29 is 18.0 Å². The number of hydrogen-bond donors (Lipinski definition) is 1. The Hall–Kier alpha value is -3.76. The zero-order valence-corrected chi connectivity index (χ0v) is 18.1. The van der Waals surface area contributed by atoms with Crippen LogP contribution in [0, 0.1) is 11.3 Å². The average Bonchev–Trinajstić information content (AvgIpc) is 3.11. The Morgan fingerprint density at radius 1 is 1.09 bits per heavy atom. The van der Waals surface area contributed by atoms with E-state index in [1.165, 1.54) is 6.08 Å². The highest BCUT2D eigenvalue weighted by Crippen LogP contribution is 2.34. The molecule has 0 unspecified atom stereocenters. The quantitative estimate of drug-likeness (QED) is 0.258. The van der Waals surface area contributed by atoms with Gasteiger partial charge in [-0.3, -0.25) is 4.79 Å². The van der Waals surface area contributed by atoms with E-state index in [0.717, 1.165) is 46.5 Å². The van der Waals surface area contributed by atoms with Crippen LogP contribution in [-0.2, 0) is 17.5 Å². The lowest BCUT2D eigenvalue weighted by molar-refractivity contribution is -0.137. The van der Waals surface area contributed by atoms with Gasteiger partial charge in [0.15, 0.2) is 0 Å². The number of nitrogens with one attached hydrogen (secondary N) is 1. The molecule has 4 rings (SSSR count). The van der Waals surface area contributed by atoms with Crippen molar-refractivity contribution in [1.29, 1.82) is 5.26 Å². The fourth-order valence-electron chi connectivity index (χ4n) is 3.80. The number of carbonyl (C=O) groups is 1. The van der Waals surface area contributed by atoms with Crippen LogP contribution in [0.25, 0.3) is 27.9 Å². The van der Waals surface area contributed by atoms with E-state index < -0.39 is 17.6 Å². The Morgan fingerprint density at radius 2 is 1.82 bits per heavy atom. The SMILES string of the molecule is CCn1c2ccccc2c2cc(/C=C(\C#N)C(=O)Nc3cc(C(F)(F)F)ccc3Cl)ccc21. The number of nitriles is 1. The van der Waals surface area contributed by atoms with E-state index in [1.54, 1.807) is 6.07 Å². The van der Waals surface area contributed by atoms with Crippen molar-refractivity contribution in [2.75, 3.05) is 5.32 Å². The second kappa shape index (κ2) is 8.64. The number of carbonyl (C=O) groups excluding carboxylic acids is 1. The molecule has 0 fully saturated rings. The van der Waals surface area contributed by atoms with Crippen LogP contribution in [0.2, 0.25) is 5.02 Å². The molecule has 0 saturated heterocycles. The first kappa shape index (κ1) is 22.4. The Balaban J connectivity index is 1.70. The van der Waals surface area contributed by atoms with Crippen molar-refractivity contribution in [3.63, 3.8) is 0 Å².